The Morgan fingerprint density at radius 3 is 2.48 bits per heavy atom. The quantitative estimate of drug-likeness (QED) is 0.898. The normalized spacial score (nSPS) is 24.3. The average molecular weight is 291 g/mol. The molecule has 1 aromatic heterocycles. The minimum Gasteiger partial charge on any atom is -0.315 e. The van der Waals surface area contributed by atoms with Crippen molar-refractivity contribution >= 4 is 0 Å². The molecule has 2 heterocycles. The predicted octanol–water partition coefficient (Wildman–Crippen LogP) is 1.74. The SMILES string of the molecule is CNC(Cc1ncnn1C)C1(N2CCCCC2)CCCC1. The Morgan fingerprint density at radius 2 is 1.90 bits per heavy atom. The van der Waals surface area contributed by atoms with Crippen LogP contribution in [0.25, 0.3) is 0 Å². The lowest BCUT2D eigenvalue weighted by Crippen LogP contribution is -2.61. The van der Waals surface area contributed by atoms with E-state index in [1.165, 1.54) is 58.0 Å². The molecular formula is C16H29N5. The van der Waals surface area contributed by atoms with Crippen molar-refractivity contribution in [3.63, 3.8) is 0 Å². The van der Waals surface area contributed by atoms with Crippen molar-refractivity contribution in [3.8, 4) is 0 Å². The maximum atomic E-state index is 4.44. The summed E-state index contributed by atoms with van der Waals surface area (Å²) in [6, 6.07) is 0.473. The second-order valence-corrected chi connectivity index (χ2v) is 6.70. The van der Waals surface area contributed by atoms with Gasteiger partial charge in [-0.3, -0.25) is 9.58 Å². The van der Waals surface area contributed by atoms with Crippen LogP contribution in [-0.2, 0) is 13.5 Å². The zero-order chi connectivity index (χ0) is 14.7. The van der Waals surface area contributed by atoms with Gasteiger partial charge in [-0.1, -0.05) is 19.3 Å². The fourth-order valence-electron chi connectivity index (χ4n) is 4.46. The molecule has 0 radical (unpaired) electrons. The first-order valence-electron chi connectivity index (χ1n) is 8.51. The lowest BCUT2D eigenvalue weighted by Gasteiger charge is -2.48. The molecule has 118 valence electrons. The number of rotatable bonds is 5. The van der Waals surface area contributed by atoms with Crippen molar-refractivity contribution in [1.82, 2.24) is 25.0 Å². The van der Waals surface area contributed by atoms with E-state index in [0.29, 0.717) is 11.6 Å². The molecule has 1 aliphatic heterocycles. The van der Waals surface area contributed by atoms with Crippen LogP contribution < -0.4 is 5.32 Å². The molecule has 1 atom stereocenters. The van der Waals surface area contributed by atoms with Crippen LogP contribution in [0.1, 0.15) is 50.8 Å². The van der Waals surface area contributed by atoms with E-state index >= 15 is 0 Å². The summed E-state index contributed by atoms with van der Waals surface area (Å²) in [6.45, 7) is 2.55. The van der Waals surface area contributed by atoms with Crippen molar-refractivity contribution in [2.45, 2.75) is 62.9 Å². The van der Waals surface area contributed by atoms with Gasteiger partial charge < -0.3 is 5.32 Å². The highest BCUT2D eigenvalue weighted by Crippen LogP contribution is 2.40. The maximum absolute atomic E-state index is 4.44. The number of likely N-dealkylation sites (tertiary alicyclic amines) is 1. The number of aromatic nitrogens is 3. The topological polar surface area (TPSA) is 46.0 Å². The molecule has 0 spiro atoms. The lowest BCUT2D eigenvalue weighted by atomic mass is 9.82. The summed E-state index contributed by atoms with van der Waals surface area (Å²) in [5.41, 5.74) is 0.334. The summed E-state index contributed by atoms with van der Waals surface area (Å²) >= 11 is 0. The highest BCUT2D eigenvalue weighted by Gasteiger charge is 2.45. The Kier molecular flexibility index (Phi) is 4.60. The Hall–Kier alpha value is -0.940. The third-order valence-electron chi connectivity index (χ3n) is 5.64. The molecule has 5 heteroatoms. The molecule has 3 rings (SSSR count). The van der Waals surface area contributed by atoms with Crippen LogP contribution in [0.5, 0.6) is 0 Å². The van der Waals surface area contributed by atoms with Crippen molar-refractivity contribution in [1.29, 1.82) is 0 Å². The second-order valence-electron chi connectivity index (χ2n) is 6.70. The summed E-state index contributed by atoms with van der Waals surface area (Å²) in [5, 5.41) is 7.85. The highest BCUT2D eigenvalue weighted by molar-refractivity contribution is 5.07. The third kappa shape index (κ3) is 2.86. The largest absolute Gasteiger partial charge is 0.315 e. The molecule has 0 bridgehead atoms. The predicted molar refractivity (Wildman–Crippen MR) is 84.2 cm³/mol. The molecule has 1 unspecified atom stereocenters. The van der Waals surface area contributed by atoms with Crippen LogP contribution in [-0.4, -0.2) is 51.4 Å². The Labute approximate surface area is 128 Å². The van der Waals surface area contributed by atoms with Gasteiger partial charge in [0.15, 0.2) is 0 Å². The van der Waals surface area contributed by atoms with Crippen molar-refractivity contribution in [3.05, 3.63) is 12.2 Å². The molecule has 21 heavy (non-hydrogen) atoms. The minimum absolute atomic E-state index is 0.334. The van der Waals surface area contributed by atoms with Gasteiger partial charge in [0, 0.05) is 25.0 Å². The first-order chi connectivity index (χ1) is 10.3. The van der Waals surface area contributed by atoms with Crippen LogP contribution in [0.3, 0.4) is 0 Å². The molecule has 2 aliphatic rings. The number of piperidine rings is 1. The molecule has 1 saturated carbocycles. The molecule has 1 aliphatic carbocycles. The van der Waals surface area contributed by atoms with Crippen LogP contribution in [0.2, 0.25) is 0 Å². The van der Waals surface area contributed by atoms with Gasteiger partial charge >= 0.3 is 0 Å². The maximum Gasteiger partial charge on any atom is 0.138 e. The number of hydrogen-bond acceptors (Lipinski definition) is 4. The number of nitrogens with zero attached hydrogens (tertiary/aromatic N) is 4. The molecule has 0 aromatic carbocycles. The Morgan fingerprint density at radius 1 is 1.19 bits per heavy atom. The van der Waals surface area contributed by atoms with Gasteiger partial charge in [0.1, 0.15) is 12.2 Å². The first-order valence-corrected chi connectivity index (χ1v) is 8.51. The van der Waals surface area contributed by atoms with E-state index in [4.69, 9.17) is 0 Å². The van der Waals surface area contributed by atoms with E-state index < -0.39 is 0 Å². The van der Waals surface area contributed by atoms with E-state index in [-0.39, 0.29) is 0 Å². The number of nitrogens with one attached hydrogen (secondary N) is 1. The van der Waals surface area contributed by atoms with E-state index in [1.807, 2.05) is 11.7 Å². The molecule has 2 fully saturated rings. The van der Waals surface area contributed by atoms with E-state index in [9.17, 15) is 0 Å². The van der Waals surface area contributed by atoms with Gasteiger partial charge in [0.25, 0.3) is 0 Å². The van der Waals surface area contributed by atoms with Crippen molar-refractivity contribution in [2.75, 3.05) is 20.1 Å². The standard InChI is InChI=1S/C16H29N5/c1-17-14(12-15-18-13-19-20(15)2)16(8-4-5-9-16)21-10-6-3-7-11-21/h13-14,17H,3-12H2,1-2H3. The van der Waals surface area contributed by atoms with Crippen LogP contribution >= 0.6 is 0 Å². The number of hydrogen-bond donors (Lipinski definition) is 1. The molecule has 1 saturated heterocycles. The molecule has 5 nitrogen and oxygen atoms in total. The summed E-state index contributed by atoms with van der Waals surface area (Å²) in [6.07, 6.45) is 12.2. The van der Waals surface area contributed by atoms with Crippen LogP contribution in [0.15, 0.2) is 6.33 Å². The Bertz CT molecular complexity index is 443. The summed E-state index contributed by atoms with van der Waals surface area (Å²) in [4.78, 5) is 7.24. The van der Waals surface area contributed by atoms with E-state index in [1.54, 1.807) is 6.33 Å². The average Bonchev–Trinajstić information content (AvgIpc) is 3.16. The molecule has 1 N–H and O–H groups in total. The zero-order valence-corrected chi connectivity index (χ0v) is 13.5. The molecular weight excluding hydrogens is 262 g/mol. The van der Waals surface area contributed by atoms with Gasteiger partial charge in [-0.15, -0.1) is 0 Å². The summed E-state index contributed by atoms with van der Waals surface area (Å²) in [7, 11) is 4.11. The fraction of sp³-hybridized carbons (Fsp3) is 0.875. The molecule has 1 aromatic rings. The van der Waals surface area contributed by atoms with Gasteiger partial charge in [0.2, 0.25) is 0 Å². The van der Waals surface area contributed by atoms with Crippen molar-refractivity contribution < 1.29 is 0 Å². The molecule has 0 amide bonds. The van der Waals surface area contributed by atoms with Crippen LogP contribution in [0, 0.1) is 0 Å². The van der Waals surface area contributed by atoms with Gasteiger partial charge in [-0.05, 0) is 45.8 Å². The fourth-order valence-corrected chi connectivity index (χ4v) is 4.46. The van der Waals surface area contributed by atoms with Gasteiger partial charge in [0.05, 0.1) is 0 Å². The minimum atomic E-state index is 0.334. The summed E-state index contributed by atoms with van der Waals surface area (Å²) < 4.78 is 1.92. The third-order valence-corrected chi connectivity index (χ3v) is 5.64. The van der Waals surface area contributed by atoms with Crippen LogP contribution in [0.4, 0.5) is 0 Å². The van der Waals surface area contributed by atoms with E-state index in [2.05, 4.69) is 27.3 Å². The van der Waals surface area contributed by atoms with Gasteiger partial charge in [-0.25, -0.2) is 4.98 Å². The zero-order valence-electron chi connectivity index (χ0n) is 13.5. The first kappa shape index (κ1) is 15.0. The number of aryl methyl sites for hydroxylation is 1. The van der Waals surface area contributed by atoms with E-state index in [0.717, 1.165) is 12.2 Å². The number of likely N-dealkylation sites (N-methyl/N-ethyl adjacent to an activating group) is 1. The summed E-state index contributed by atoms with van der Waals surface area (Å²) in [5.74, 6) is 1.10. The Balaban J connectivity index is 1.81. The lowest BCUT2D eigenvalue weighted by molar-refractivity contribution is 0.0381. The second kappa shape index (κ2) is 6.44. The van der Waals surface area contributed by atoms with Gasteiger partial charge in [-0.2, -0.15) is 5.10 Å². The monoisotopic (exact) mass is 291 g/mol. The highest BCUT2D eigenvalue weighted by atomic mass is 15.3. The van der Waals surface area contributed by atoms with Crippen molar-refractivity contribution in [2.24, 2.45) is 7.05 Å². The smallest absolute Gasteiger partial charge is 0.138 e.